The molecule has 4 nitrogen and oxygen atoms in total. The third kappa shape index (κ3) is 3.32. The van der Waals surface area contributed by atoms with E-state index in [2.05, 4.69) is 5.32 Å². The molecular formula is C19H20N2O2. The van der Waals surface area contributed by atoms with Gasteiger partial charge in [-0.1, -0.05) is 60.7 Å². The quantitative estimate of drug-likeness (QED) is 0.863. The minimum atomic E-state index is -0.832. The number of nitrogens with one attached hydrogen (secondary N) is 1. The molecule has 1 atom stereocenters. The first-order chi connectivity index (χ1) is 11.1. The van der Waals surface area contributed by atoms with Gasteiger partial charge < -0.3 is 0 Å². The molecule has 23 heavy (non-hydrogen) atoms. The average Bonchev–Trinajstić information content (AvgIpc) is 2.79. The van der Waals surface area contributed by atoms with E-state index in [1.165, 1.54) is 4.90 Å². The second-order valence-corrected chi connectivity index (χ2v) is 6.12. The summed E-state index contributed by atoms with van der Waals surface area (Å²) in [5.41, 5.74) is 1.22. The van der Waals surface area contributed by atoms with Crippen LogP contribution in [-0.2, 0) is 22.7 Å². The number of benzene rings is 2. The van der Waals surface area contributed by atoms with E-state index in [1.807, 2.05) is 60.7 Å². The monoisotopic (exact) mass is 308 g/mol. The molecule has 1 N–H and O–H groups in total. The molecular weight excluding hydrogens is 288 g/mol. The Morgan fingerprint density at radius 1 is 0.957 bits per heavy atom. The molecule has 4 heteroatoms. The van der Waals surface area contributed by atoms with Crippen LogP contribution in [0.25, 0.3) is 0 Å². The minimum Gasteiger partial charge on any atom is -0.299 e. The van der Waals surface area contributed by atoms with Crippen LogP contribution in [0.2, 0.25) is 0 Å². The van der Waals surface area contributed by atoms with Crippen LogP contribution >= 0.6 is 0 Å². The van der Waals surface area contributed by atoms with Crippen LogP contribution in [0.5, 0.6) is 0 Å². The summed E-state index contributed by atoms with van der Waals surface area (Å²) >= 11 is 0. The fraction of sp³-hybridized carbons (Fsp3) is 0.263. The van der Waals surface area contributed by atoms with Crippen LogP contribution in [0.4, 0.5) is 0 Å². The van der Waals surface area contributed by atoms with Crippen molar-refractivity contribution in [1.82, 2.24) is 10.2 Å². The highest BCUT2D eigenvalue weighted by Gasteiger charge is 2.47. The maximum Gasteiger partial charge on any atom is 0.250 e. The maximum absolute atomic E-state index is 12.7. The van der Waals surface area contributed by atoms with Gasteiger partial charge in [0.05, 0.1) is 13.0 Å². The van der Waals surface area contributed by atoms with Gasteiger partial charge in [-0.25, -0.2) is 0 Å². The number of amides is 2. The Balaban J connectivity index is 1.69. The summed E-state index contributed by atoms with van der Waals surface area (Å²) in [4.78, 5) is 26.3. The Hall–Kier alpha value is -2.46. The van der Waals surface area contributed by atoms with Gasteiger partial charge in [0, 0.05) is 6.54 Å². The molecule has 0 aromatic heterocycles. The highest BCUT2D eigenvalue weighted by atomic mass is 16.2. The van der Waals surface area contributed by atoms with Crippen molar-refractivity contribution in [2.75, 3.05) is 0 Å². The fourth-order valence-electron chi connectivity index (χ4n) is 2.84. The Morgan fingerprint density at radius 2 is 1.52 bits per heavy atom. The summed E-state index contributed by atoms with van der Waals surface area (Å²) in [7, 11) is 0. The van der Waals surface area contributed by atoms with Gasteiger partial charge in [0.1, 0.15) is 5.54 Å². The maximum atomic E-state index is 12.7. The molecule has 0 bridgehead atoms. The van der Waals surface area contributed by atoms with Gasteiger partial charge in [0.25, 0.3) is 0 Å². The van der Waals surface area contributed by atoms with Crippen LogP contribution in [0, 0.1) is 0 Å². The molecule has 2 aromatic rings. The van der Waals surface area contributed by atoms with Crippen molar-refractivity contribution in [3.8, 4) is 0 Å². The van der Waals surface area contributed by atoms with Crippen LogP contribution in [0.1, 0.15) is 24.5 Å². The first-order valence-electron chi connectivity index (χ1n) is 7.76. The van der Waals surface area contributed by atoms with Crippen LogP contribution < -0.4 is 5.32 Å². The van der Waals surface area contributed by atoms with E-state index in [4.69, 9.17) is 0 Å². The number of likely N-dealkylation sites (tertiary alicyclic amines) is 1. The van der Waals surface area contributed by atoms with E-state index in [0.717, 1.165) is 11.1 Å². The normalized spacial score (nSPS) is 21.0. The van der Waals surface area contributed by atoms with Gasteiger partial charge in [-0.3, -0.25) is 19.8 Å². The topological polar surface area (TPSA) is 49.4 Å². The largest absolute Gasteiger partial charge is 0.299 e. The molecule has 0 radical (unpaired) electrons. The van der Waals surface area contributed by atoms with Gasteiger partial charge in [-0.2, -0.15) is 0 Å². The van der Waals surface area contributed by atoms with Crippen molar-refractivity contribution in [2.24, 2.45) is 0 Å². The molecule has 118 valence electrons. The second-order valence-electron chi connectivity index (χ2n) is 6.12. The van der Waals surface area contributed by atoms with Gasteiger partial charge in [-0.15, -0.1) is 0 Å². The summed E-state index contributed by atoms with van der Waals surface area (Å²) in [6, 6.07) is 19.5. The lowest BCUT2D eigenvalue weighted by atomic mass is 10.00. The number of carbonyl (C=O) groups excluding carboxylic acids is 2. The van der Waals surface area contributed by atoms with E-state index >= 15 is 0 Å². The average molecular weight is 308 g/mol. The van der Waals surface area contributed by atoms with Crippen molar-refractivity contribution in [3.63, 3.8) is 0 Å². The molecule has 1 saturated heterocycles. The van der Waals surface area contributed by atoms with Gasteiger partial charge in [-0.05, 0) is 18.1 Å². The molecule has 2 aromatic carbocycles. The summed E-state index contributed by atoms with van der Waals surface area (Å²) in [5, 5.41) is 3.26. The first-order valence-corrected chi connectivity index (χ1v) is 7.76. The van der Waals surface area contributed by atoms with E-state index in [1.54, 1.807) is 6.92 Å². The smallest absolute Gasteiger partial charge is 0.250 e. The first kappa shape index (κ1) is 15.4. The predicted molar refractivity (Wildman–Crippen MR) is 88.3 cm³/mol. The molecule has 0 saturated carbocycles. The lowest BCUT2D eigenvalue weighted by molar-refractivity contribution is -0.140. The van der Waals surface area contributed by atoms with E-state index in [0.29, 0.717) is 13.1 Å². The fourth-order valence-corrected chi connectivity index (χ4v) is 2.84. The van der Waals surface area contributed by atoms with Crippen molar-refractivity contribution in [3.05, 3.63) is 71.8 Å². The van der Waals surface area contributed by atoms with Gasteiger partial charge in [0.2, 0.25) is 11.8 Å². The lowest BCUT2D eigenvalue weighted by Gasteiger charge is -2.24. The van der Waals surface area contributed by atoms with E-state index < -0.39 is 5.54 Å². The zero-order chi connectivity index (χ0) is 16.3. The number of imide groups is 1. The Labute approximate surface area is 136 Å². The Morgan fingerprint density at radius 3 is 2.13 bits per heavy atom. The Kier molecular flexibility index (Phi) is 4.26. The molecule has 0 spiro atoms. The summed E-state index contributed by atoms with van der Waals surface area (Å²) < 4.78 is 0. The van der Waals surface area contributed by atoms with Crippen molar-refractivity contribution in [1.29, 1.82) is 0 Å². The summed E-state index contributed by atoms with van der Waals surface area (Å²) in [6.07, 6.45) is 0.200. The zero-order valence-electron chi connectivity index (χ0n) is 13.2. The molecule has 0 aliphatic carbocycles. The SMILES string of the molecule is CC1(NCc2ccccc2)CC(=O)N(Cc2ccccc2)C1=O. The second kappa shape index (κ2) is 6.34. The standard InChI is InChI=1S/C19H20N2O2/c1-19(20-13-15-8-4-2-5-9-15)12-17(22)21(18(19)23)14-16-10-6-3-7-11-16/h2-11,20H,12-14H2,1H3. The molecule has 2 amide bonds. The highest BCUT2D eigenvalue weighted by Crippen LogP contribution is 2.26. The number of carbonyl (C=O) groups is 2. The highest BCUT2D eigenvalue weighted by molar-refractivity contribution is 6.08. The molecule has 1 unspecified atom stereocenters. The lowest BCUT2D eigenvalue weighted by Crippen LogP contribution is -2.48. The van der Waals surface area contributed by atoms with Crippen LogP contribution in [0.3, 0.4) is 0 Å². The third-order valence-corrected chi connectivity index (χ3v) is 4.23. The minimum absolute atomic E-state index is 0.123. The summed E-state index contributed by atoms with van der Waals surface area (Å²) in [5.74, 6) is -0.274. The number of rotatable bonds is 5. The zero-order valence-corrected chi connectivity index (χ0v) is 13.2. The Bertz CT molecular complexity index is 700. The number of hydrogen-bond donors (Lipinski definition) is 1. The predicted octanol–water partition coefficient (Wildman–Crippen LogP) is 2.49. The van der Waals surface area contributed by atoms with Crippen molar-refractivity contribution in [2.45, 2.75) is 32.0 Å². The molecule has 3 rings (SSSR count). The van der Waals surface area contributed by atoms with Crippen molar-refractivity contribution < 1.29 is 9.59 Å². The molecule has 1 fully saturated rings. The molecule has 1 aliphatic rings. The molecule has 1 aliphatic heterocycles. The van der Waals surface area contributed by atoms with Crippen LogP contribution in [-0.4, -0.2) is 22.3 Å². The van der Waals surface area contributed by atoms with E-state index in [9.17, 15) is 9.59 Å². The van der Waals surface area contributed by atoms with Crippen LogP contribution in [0.15, 0.2) is 60.7 Å². The third-order valence-electron chi connectivity index (χ3n) is 4.23. The molecule has 1 heterocycles. The van der Waals surface area contributed by atoms with Crippen molar-refractivity contribution >= 4 is 11.8 Å². The van der Waals surface area contributed by atoms with Gasteiger partial charge >= 0.3 is 0 Å². The van der Waals surface area contributed by atoms with Gasteiger partial charge in [0.15, 0.2) is 0 Å². The number of hydrogen-bond acceptors (Lipinski definition) is 3. The summed E-state index contributed by atoms with van der Waals surface area (Å²) in [6.45, 7) is 2.71. The van der Waals surface area contributed by atoms with E-state index in [-0.39, 0.29) is 18.2 Å². The number of nitrogens with zero attached hydrogens (tertiary/aromatic N) is 1.